The van der Waals surface area contributed by atoms with E-state index >= 15 is 0 Å². The highest BCUT2D eigenvalue weighted by Crippen LogP contribution is 2.27. The summed E-state index contributed by atoms with van der Waals surface area (Å²) >= 11 is 0. The van der Waals surface area contributed by atoms with Crippen molar-refractivity contribution in [2.75, 3.05) is 5.32 Å². The first-order chi connectivity index (χ1) is 13.6. The van der Waals surface area contributed by atoms with Gasteiger partial charge in [0.05, 0.1) is 16.3 Å². The lowest BCUT2D eigenvalue weighted by molar-refractivity contribution is -0.385. The number of hydrogen-bond donors (Lipinski definition) is 1. The Labute approximate surface area is 169 Å². The number of nitrogens with one attached hydrogen (secondary N) is 1. The van der Waals surface area contributed by atoms with Crippen molar-refractivity contribution in [3.05, 3.63) is 81.0 Å². The van der Waals surface area contributed by atoms with Crippen molar-refractivity contribution in [1.29, 1.82) is 0 Å². The number of aromatic nitrogens is 2. The molecule has 0 aliphatic rings. The Morgan fingerprint density at radius 1 is 1.07 bits per heavy atom. The molecule has 3 aromatic rings. The van der Waals surface area contributed by atoms with Crippen LogP contribution in [0, 0.1) is 24.0 Å². The third-order valence-electron chi connectivity index (χ3n) is 4.67. The SMILES string of the molecule is Cc1ccc(-n2nc(C(C)(C)C)cc2NC(=O)c2ccc(C)c([N+](=O)[O-])c2)cc1. The molecule has 150 valence electrons. The lowest BCUT2D eigenvalue weighted by Gasteiger charge is -2.14. The number of rotatable bonds is 4. The Balaban J connectivity index is 2.01. The van der Waals surface area contributed by atoms with Crippen LogP contribution in [0.2, 0.25) is 0 Å². The molecule has 1 amide bonds. The lowest BCUT2D eigenvalue weighted by Crippen LogP contribution is -2.15. The maximum atomic E-state index is 12.8. The van der Waals surface area contributed by atoms with Crippen LogP contribution in [0.3, 0.4) is 0 Å². The van der Waals surface area contributed by atoms with Gasteiger partial charge in [0, 0.05) is 28.7 Å². The number of carbonyl (C=O) groups excluding carboxylic acids is 1. The van der Waals surface area contributed by atoms with Gasteiger partial charge in [-0.3, -0.25) is 14.9 Å². The summed E-state index contributed by atoms with van der Waals surface area (Å²) in [4.78, 5) is 23.5. The molecule has 0 saturated heterocycles. The molecule has 0 unspecified atom stereocenters. The Hall–Kier alpha value is -3.48. The van der Waals surface area contributed by atoms with Gasteiger partial charge < -0.3 is 5.32 Å². The van der Waals surface area contributed by atoms with E-state index in [2.05, 4.69) is 10.4 Å². The van der Waals surface area contributed by atoms with Gasteiger partial charge in [-0.25, -0.2) is 4.68 Å². The van der Waals surface area contributed by atoms with Crippen molar-refractivity contribution in [1.82, 2.24) is 9.78 Å². The largest absolute Gasteiger partial charge is 0.306 e. The molecular weight excluding hydrogens is 368 g/mol. The molecule has 0 aliphatic heterocycles. The molecule has 1 N–H and O–H groups in total. The normalized spacial score (nSPS) is 11.3. The average molecular weight is 392 g/mol. The second-order valence-electron chi connectivity index (χ2n) is 8.12. The summed E-state index contributed by atoms with van der Waals surface area (Å²) in [5.41, 5.74) is 3.19. The molecule has 29 heavy (non-hydrogen) atoms. The average Bonchev–Trinajstić information content (AvgIpc) is 3.06. The minimum atomic E-state index is -0.486. The third-order valence-corrected chi connectivity index (χ3v) is 4.67. The zero-order valence-electron chi connectivity index (χ0n) is 17.2. The fourth-order valence-electron chi connectivity index (χ4n) is 2.86. The predicted molar refractivity (Wildman–Crippen MR) is 113 cm³/mol. The summed E-state index contributed by atoms with van der Waals surface area (Å²) in [5, 5.41) is 18.7. The molecule has 0 aliphatic carbocycles. The number of benzene rings is 2. The van der Waals surface area contributed by atoms with E-state index in [9.17, 15) is 14.9 Å². The van der Waals surface area contributed by atoms with Crippen LogP contribution >= 0.6 is 0 Å². The molecule has 0 saturated carbocycles. The van der Waals surface area contributed by atoms with Crippen molar-refractivity contribution in [3.8, 4) is 5.69 Å². The van der Waals surface area contributed by atoms with Gasteiger partial charge in [-0.05, 0) is 32.0 Å². The Kier molecular flexibility index (Phi) is 5.24. The summed E-state index contributed by atoms with van der Waals surface area (Å²) in [5.74, 6) is 0.0776. The van der Waals surface area contributed by atoms with Crippen LogP contribution in [-0.2, 0) is 5.41 Å². The van der Waals surface area contributed by atoms with Crippen molar-refractivity contribution in [2.45, 2.75) is 40.0 Å². The summed E-state index contributed by atoms with van der Waals surface area (Å²) in [7, 11) is 0. The molecule has 0 atom stereocenters. The first kappa shape index (κ1) is 20.3. The number of nitro groups is 1. The number of aryl methyl sites for hydroxylation is 2. The predicted octanol–water partition coefficient (Wildman–Crippen LogP) is 4.95. The number of amides is 1. The van der Waals surface area contributed by atoms with Gasteiger partial charge in [0.1, 0.15) is 5.82 Å². The van der Waals surface area contributed by atoms with Gasteiger partial charge in [0.15, 0.2) is 0 Å². The van der Waals surface area contributed by atoms with Gasteiger partial charge >= 0.3 is 0 Å². The van der Waals surface area contributed by atoms with Crippen molar-refractivity contribution < 1.29 is 9.72 Å². The second kappa shape index (κ2) is 7.50. The fourth-order valence-corrected chi connectivity index (χ4v) is 2.86. The van der Waals surface area contributed by atoms with Crippen LogP contribution in [0.4, 0.5) is 11.5 Å². The number of nitro benzene ring substituents is 1. The Morgan fingerprint density at radius 2 is 1.72 bits per heavy atom. The van der Waals surface area contributed by atoms with Gasteiger partial charge in [-0.2, -0.15) is 5.10 Å². The quantitative estimate of drug-likeness (QED) is 0.502. The fraction of sp³-hybridized carbons (Fsp3) is 0.273. The number of anilines is 1. The Bertz CT molecular complexity index is 1080. The van der Waals surface area contributed by atoms with E-state index in [0.717, 1.165) is 16.9 Å². The first-order valence-electron chi connectivity index (χ1n) is 9.30. The lowest BCUT2D eigenvalue weighted by atomic mass is 9.92. The van der Waals surface area contributed by atoms with E-state index in [1.54, 1.807) is 23.7 Å². The molecule has 0 fully saturated rings. The van der Waals surface area contributed by atoms with Crippen LogP contribution in [-0.4, -0.2) is 20.6 Å². The zero-order chi connectivity index (χ0) is 21.3. The van der Waals surface area contributed by atoms with E-state index in [4.69, 9.17) is 0 Å². The van der Waals surface area contributed by atoms with Gasteiger partial charge in [-0.1, -0.05) is 44.5 Å². The van der Waals surface area contributed by atoms with Crippen molar-refractivity contribution in [3.63, 3.8) is 0 Å². The monoisotopic (exact) mass is 392 g/mol. The Morgan fingerprint density at radius 3 is 2.31 bits per heavy atom. The number of carbonyl (C=O) groups is 1. The minimum absolute atomic E-state index is 0.0833. The van der Waals surface area contributed by atoms with E-state index in [0.29, 0.717) is 11.4 Å². The number of nitrogens with zero attached hydrogens (tertiary/aromatic N) is 3. The molecule has 3 rings (SSSR count). The minimum Gasteiger partial charge on any atom is -0.306 e. The number of hydrogen-bond acceptors (Lipinski definition) is 4. The second-order valence-corrected chi connectivity index (χ2v) is 8.12. The molecular formula is C22H24N4O3. The van der Waals surface area contributed by atoms with Crippen molar-refractivity contribution >= 4 is 17.4 Å². The first-order valence-corrected chi connectivity index (χ1v) is 9.30. The van der Waals surface area contributed by atoms with Gasteiger partial charge in [0.2, 0.25) is 0 Å². The van der Waals surface area contributed by atoms with Crippen LogP contribution in [0.1, 0.15) is 48.0 Å². The van der Waals surface area contributed by atoms with Crippen molar-refractivity contribution in [2.24, 2.45) is 0 Å². The molecule has 2 aromatic carbocycles. The molecule has 0 radical (unpaired) electrons. The molecule has 1 heterocycles. The zero-order valence-corrected chi connectivity index (χ0v) is 17.2. The van der Waals surface area contributed by atoms with E-state index in [1.807, 2.05) is 58.0 Å². The van der Waals surface area contributed by atoms with Crippen LogP contribution < -0.4 is 5.32 Å². The summed E-state index contributed by atoms with van der Waals surface area (Å²) in [6, 6.07) is 14.1. The highest BCUT2D eigenvalue weighted by Gasteiger charge is 2.22. The maximum Gasteiger partial charge on any atom is 0.273 e. The van der Waals surface area contributed by atoms with Crippen LogP contribution in [0.5, 0.6) is 0 Å². The summed E-state index contributed by atoms with van der Waals surface area (Å²) < 4.78 is 1.68. The maximum absolute atomic E-state index is 12.8. The molecule has 0 bridgehead atoms. The van der Waals surface area contributed by atoms with E-state index < -0.39 is 10.8 Å². The van der Waals surface area contributed by atoms with E-state index in [-0.39, 0.29) is 16.7 Å². The topological polar surface area (TPSA) is 90.1 Å². The van der Waals surface area contributed by atoms with Gasteiger partial charge in [-0.15, -0.1) is 0 Å². The third kappa shape index (κ3) is 4.34. The van der Waals surface area contributed by atoms with E-state index in [1.165, 1.54) is 6.07 Å². The smallest absolute Gasteiger partial charge is 0.273 e. The standard InChI is InChI=1S/C22H24N4O3/c1-14-6-10-17(11-7-14)25-20(13-19(24-25)22(3,4)5)23-21(27)16-9-8-15(2)18(12-16)26(28)29/h6-13H,1-5H3,(H,23,27). The molecule has 0 spiro atoms. The summed E-state index contributed by atoms with van der Waals surface area (Å²) in [6.07, 6.45) is 0. The van der Waals surface area contributed by atoms with Gasteiger partial charge in [0.25, 0.3) is 11.6 Å². The molecule has 7 heteroatoms. The highest BCUT2D eigenvalue weighted by atomic mass is 16.6. The molecule has 1 aromatic heterocycles. The highest BCUT2D eigenvalue weighted by molar-refractivity contribution is 6.04. The summed E-state index contributed by atoms with van der Waals surface area (Å²) in [6.45, 7) is 9.78. The van der Waals surface area contributed by atoms with Crippen LogP contribution in [0.15, 0.2) is 48.5 Å². The molecule has 7 nitrogen and oxygen atoms in total. The van der Waals surface area contributed by atoms with Crippen LogP contribution in [0.25, 0.3) is 5.69 Å².